The van der Waals surface area contributed by atoms with Crippen LogP contribution in [-0.2, 0) is 10.0 Å². The largest absolute Gasteiger partial charge is 0.296 e. The molecule has 1 heterocycles. The summed E-state index contributed by atoms with van der Waals surface area (Å²) in [6.07, 6.45) is 3.57. The summed E-state index contributed by atoms with van der Waals surface area (Å²) in [5.74, 6) is 0. The fraction of sp³-hybridized carbons (Fsp3) is 1.00. The van der Waals surface area contributed by atoms with E-state index in [0.717, 1.165) is 19.4 Å². The minimum atomic E-state index is -3.19. The molecule has 0 aromatic heterocycles. The third-order valence-electron chi connectivity index (χ3n) is 4.70. The number of nitrogens with zero attached hydrogens (tertiary/aromatic N) is 2. The van der Waals surface area contributed by atoms with E-state index in [-0.39, 0.29) is 11.0 Å². The lowest BCUT2D eigenvalue weighted by Crippen LogP contribution is -2.53. The summed E-state index contributed by atoms with van der Waals surface area (Å²) >= 11 is 0. The fourth-order valence-corrected chi connectivity index (χ4v) is 4.60. The van der Waals surface area contributed by atoms with E-state index in [0.29, 0.717) is 18.6 Å². The maximum Gasteiger partial charge on any atom is 0.211 e. The van der Waals surface area contributed by atoms with Crippen LogP contribution in [0.4, 0.5) is 0 Å². The summed E-state index contributed by atoms with van der Waals surface area (Å²) in [6, 6.07) is 0.777. The first kappa shape index (κ1) is 18.9. The normalized spacial score (nSPS) is 23.8. The molecule has 21 heavy (non-hydrogen) atoms. The predicted octanol–water partition coefficient (Wildman–Crippen LogP) is 2.95. The SMILES string of the molecule is C[C@H](N1CCC[C@@H]1CN(C(C)(C)C)S(C)(=O)=O)C(C)(C)C. The van der Waals surface area contributed by atoms with Gasteiger partial charge in [0.05, 0.1) is 6.26 Å². The highest BCUT2D eigenvalue weighted by molar-refractivity contribution is 7.88. The van der Waals surface area contributed by atoms with Crippen molar-refractivity contribution in [3.63, 3.8) is 0 Å². The molecule has 1 aliphatic heterocycles. The number of hydrogen-bond acceptors (Lipinski definition) is 3. The van der Waals surface area contributed by atoms with Crippen molar-refractivity contribution in [2.75, 3.05) is 19.3 Å². The molecule has 2 atom stereocenters. The van der Waals surface area contributed by atoms with Gasteiger partial charge in [-0.3, -0.25) is 4.90 Å². The van der Waals surface area contributed by atoms with Gasteiger partial charge in [-0.25, -0.2) is 8.42 Å². The standard InChI is InChI=1S/C16H34N2O2S/c1-13(15(2,3)4)17-11-9-10-14(17)12-18(16(5,6)7)21(8,19)20/h13-14H,9-12H2,1-8H3/t13-,14+/m0/s1. The molecule has 1 aliphatic rings. The van der Waals surface area contributed by atoms with Crippen molar-refractivity contribution < 1.29 is 8.42 Å². The summed E-state index contributed by atoms with van der Waals surface area (Å²) in [7, 11) is -3.19. The monoisotopic (exact) mass is 318 g/mol. The Morgan fingerprint density at radius 3 is 2.10 bits per heavy atom. The van der Waals surface area contributed by atoms with E-state index in [4.69, 9.17) is 0 Å². The van der Waals surface area contributed by atoms with Gasteiger partial charge in [-0.05, 0) is 52.5 Å². The van der Waals surface area contributed by atoms with Gasteiger partial charge in [0.15, 0.2) is 0 Å². The molecule has 0 aliphatic carbocycles. The molecule has 0 radical (unpaired) electrons. The second-order valence-electron chi connectivity index (χ2n) is 8.54. The van der Waals surface area contributed by atoms with Crippen LogP contribution in [0.2, 0.25) is 0 Å². The third-order valence-corrected chi connectivity index (χ3v) is 6.20. The van der Waals surface area contributed by atoms with Crippen LogP contribution in [0.15, 0.2) is 0 Å². The molecule has 1 rings (SSSR count). The minimum Gasteiger partial charge on any atom is -0.296 e. The first-order valence-corrected chi connectivity index (χ1v) is 9.83. The molecule has 5 heteroatoms. The number of sulfonamides is 1. The van der Waals surface area contributed by atoms with E-state index in [1.54, 1.807) is 4.31 Å². The number of hydrogen-bond donors (Lipinski definition) is 0. The Bertz CT molecular complexity index is 446. The van der Waals surface area contributed by atoms with E-state index < -0.39 is 10.0 Å². The van der Waals surface area contributed by atoms with Crippen molar-refractivity contribution in [1.29, 1.82) is 0 Å². The van der Waals surface area contributed by atoms with E-state index in [2.05, 4.69) is 32.6 Å². The molecular weight excluding hydrogens is 284 g/mol. The van der Waals surface area contributed by atoms with Crippen molar-refractivity contribution in [3.05, 3.63) is 0 Å². The summed E-state index contributed by atoms with van der Waals surface area (Å²) < 4.78 is 26.0. The zero-order valence-electron chi connectivity index (χ0n) is 15.1. The maximum atomic E-state index is 12.1. The van der Waals surface area contributed by atoms with Crippen molar-refractivity contribution in [2.45, 2.75) is 78.9 Å². The van der Waals surface area contributed by atoms with E-state index >= 15 is 0 Å². The lowest BCUT2D eigenvalue weighted by Gasteiger charge is -2.42. The summed E-state index contributed by atoms with van der Waals surface area (Å²) in [5, 5.41) is 0. The van der Waals surface area contributed by atoms with Crippen LogP contribution in [0.1, 0.15) is 61.3 Å². The molecule has 0 bridgehead atoms. The zero-order valence-corrected chi connectivity index (χ0v) is 15.9. The van der Waals surface area contributed by atoms with E-state index in [9.17, 15) is 8.42 Å². The van der Waals surface area contributed by atoms with Crippen molar-refractivity contribution in [2.24, 2.45) is 5.41 Å². The van der Waals surface area contributed by atoms with E-state index in [1.165, 1.54) is 6.26 Å². The quantitative estimate of drug-likeness (QED) is 0.800. The second kappa shape index (κ2) is 6.17. The predicted molar refractivity (Wildman–Crippen MR) is 89.9 cm³/mol. The van der Waals surface area contributed by atoms with Crippen LogP contribution in [0.5, 0.6) is 0 Å². The molecule has 126 valence electrons. The van der Waals surface area contributed by atoms with Gasteiger partial charge >= 0.3 is 0 Å². The Labute approximate surface area is 131 Å². The molecule has 0 aromatic carbocycles. The topological polar surface area (TPSA) is 40.6 Å². The molecule has 0 spiro atoms. The smallest absolute Gasteiger partial charge is 0.211 e. The molecule has 0 unspecified atom stereocenters. The molecule has 0 N–H and O–H groups in total. The van der Waals surface area contributed by atoms with Crippen LogP contribution < -0.4 is 0 Å². The average Bonchev–Trinajstić information content (AvgIpc) is 2.67. The Hall–Kier alpha value is -0.130. The van der Waals surface area contributed by atoms with Gasteiger partial charge in [-0.2, -0.15) is 4.31 Å². The Balaban J connectivity index is 2.94. The first-order valence-electron chi connectivity index (χ1n) is 7.98. The lowest BCUT2D eigenvalue weighted by molar-refractivity contribution is 0.0810. The van der Waals surface area contributed by atoms with Crippen LogP contribution in [0, 0.1) is 5.41 Å². The highest BCUT2D eigenvalue weighted by Gasteiger charge is 2.38. The zero-order chi connectivity index (χ0) is 16.6. The molecular formula is C16H34N2O2S. The summed E-state index contributed by atoms with van der Waals surface area (Å²) in [5.41, 5.74) is -0.160. The van der Waals surface area contributed by atoms with Crippen LogP contribution in [0.3, 0.4) is 0 Å². The third kappa shape index (κ3) is 4.93. The number of rotatable bonds is 4. The van der Waals surface area contributed by atoms with Gasteiger partial charge in [0.25, 0.3) is 0 Å². The van der Waals surface area contributed by atoms with E-state index in [1.807, 2.05) is 20.8 Å². The molecule has 0 amide bonds. The van der Waals surface area contributed by atoms with Gasteiger partial charge in [0.1, 0.15) is 0 Å². The van der Waals surface area contributed by atoms with Crippen molar-refractivity contribution >= 4 is 10.0 Å². The fourth-order valence-electron chi connectivity index (χ4n) is 3.16. The summed E-state index contributed by atoms with van der Waals surface area (Å²) in [6.45, 7) is 16.6. The Morgan fingerprint density at radius 2 is 1.71 bits per heavy atom. The van der Waals surface area contributed by atoms with Crippen LogP contribution in [0.25, 0.3) is 0 Å². The van der Waals surface area contributed by atoms with Gasteiger partial charge in [-0.15, -0.1) is 0 Å². The van der Waals surface area contributed by atoms with Crippen molar-refractivity contribution in [3.8, 4) is 0 Å². The molecule has 1 saturated heterocycles. The highest BCUT2D eigenvalue weighted by Crippen LogP contribution is 2.32. The van der Waals surface area contributed by atoms with Gasteiger partial charge in [-0.1, -0.05) is 20.8 Å². The molecule has 0 aromatic rings. The van der Waals surface area contributed by atoms with Gasteiger partial charge < -0.3 is 0 Å². The highest BCUT2D eigenvalue weighted by atomic mass is 32.2. The first-order chi connectivity index (χ1) is 9.24. The molecule has 1 fully saturated rings. The number of likely N-dealkylation sites (tertiary alicyclic amines) is 1. The Morgan fingerprint density at radius 1 is 1.19 bits per heavy atom. The molecule has 4 nitrogen and oxygen atoms in total. The maximum absolute atomic E-state index is 12.1. The summed E-state index contributed by atoms with van der Waals surface area (Å²) in [4.78, 5) is 2.50. The average molecular weight is 319 g/mol. The van der Waals surface area contributed by atoms with Gasteiger partial charge in [0.2, 0.25) is 10.0 Å². The minimum absolute atomic E-state index is 0.209. The van der Waals surface area contributed by atoms with Crippen molar-refractivity contribution in [1.82, 2.24) is 9.21 Å². The molecule has 0 saturated carbocycles. The van der Waals surface area contributed by atoms with Crippen LogP contribution >= 0.6 is 0 Å². The second-order valence-corrected chi connectivity index (χ2v) is 10.4. The lowest BCUT2D eigenvalue weighted by atomic mass is 9.86. The van der Waals surface area contributed by atoms with Crippen LogP contribution in [-0.4, -0.2) is 54.6 Å². The van der Waals surface area contributed by atoms with Gasteiger partial charge in [0, 0.05) is 24.2 Å². The Kier molecular flexibility index (Phi) is 5.56.